The van der Waals surface area contributed by atoms with Gasteiger partial charge in [0.15, 0.2) is 0 Å². The van der Waals surface area contributed by atoms with Crippen molar-refractivity contribution in [3.8, 4) is 0 Å². The van der Waals surface area contributed by atoms with E-state index in [-0.39, 0.29) is 5.69 Å². The summed E-state index contributed by atoms with van der Waals surface area (Å²) in [5.74, 6) is 0. The molecule has 2 aromatic carbocycles. The fraction of sp³-hybridized carbons (Fsp3) is 0.0714. The molecule has 23 heavy (non-hydrogen) atoms. The molecule has 4 rings (SSSR count). The molecule has 0 aliphatic carbocycles. The Kier molecular flexibility index (Phi) is 3.65. The Balaban J connectivity index is 1.58. The highest BCUT2D eigenvalue weighted by atomic mass is 32.2. The highest BCUT2D eigenvalue weighted by molar-refractivity contribution is 8.00. The average Bonchev–Trinajstić information content (AvgIpc) is 3.06. The number of hydrogen-bond acceptors (Lipinski definition) is 6. The van der Waals surface area contributed by atoms with Crippen molar-refractivity contribution < 1.29 is 9.68 Å². The molecule has 0 atom stereocenters. The third-order valence-corrected chi connectivity index (χ3v) is 4.87. The van der Waals surface area contributed by atoms with Crippen LogP contribution in [0.4, 0.5) is 5.69 Å². The summed E-state index contributed by atoms with van der Waals surface area (Å²) < 4.78 is 8.42. The number of thiol groups is 1. The van der Waals surface area contributed by atoms with Crippen LogP contribution in [0.5, 0.6) is 0 Å². The summed E-state index contributed by atoms with van der Waals surface area (Å²) in [7, 11) is -0.884. The summed E-state index contributed by atoms with van der Waals surface area (Å²) >= 11 is 5.87. The molecule has 0 saturated carbocycles. The molecule has 0 unspecified atom stereocenters. The molecule has 116 valence electrons. The van der Waals surface area contributed by atoms with Crippen molar-refractivity contribution in [2.45, 2.75) is 16.4 Å². The van der Waals surface area contributed by atoms with Crippen LogP contribution < -0.4 is 15.9 Å². The Bertz CT molecular complexity index is 956. The molecule has 1 aliphatic rings. The van der Waals surface area contributed by atoms with Crippen molar-refractivity contribution in [2.24, 2.45) is 0 Å². The number of imidazole rings is 1. The van der Waals surface area contributed by atoms with E-state index in [9.17, 15) is 9.82 Å². The molecule has 1 aromatic heterocycles. The molecular weight excluding hydrogens is 333 g/mol. The second-order valence-electron chi connectivity index (χ2n) is 5.22. The number of rotatable bonds is 3. The largest absolute Gasteiger partial charge is 0.491 e. The summed E-state index contributed by atoms with van der Waals surface area (Å²) in [5, 5.41) is 9.78. The molecule has 0 radical (unpaired) electrons. The Morgan fingerprint density at radius 3 is 2.96 bits per heavy atom. The summed E-state index contributed by atoms with van der Waals surface area (Å²) in [6.07, 6.45) is 0. The molecule has 0 amide bonds. The van der Waals surface area contributed by atoms with Crippen LogP contribution in [0.15, 0.2) is 44.9 Å². The topological polar surface area (TPSA) is 90.1 Å². The van der Waals surface area contributed by atoms with Gasteiger partial charge in [0.1, 0.15) is 0 Å². The number of hydrogen-bond donors (Lipinski definition) is 5. The van der Waals surface area contributed by atoms with Crippen LogP contribution in [0.2, 0.25) is 0 Å². The Morgan fingerprint density at radius 2 is 2.09 bits per heavy atom. The fourth-order valence-corrected chi connectivity index (χ4v) is 3.59. The molecule has 4 N–H and O–H groups in total. The van der Waals surface area contributed by atoms with E-state index in [0.29, 0.717) is 6.61 Å². The number of aromatic nitrogens is 2. The van der Waals surface area contributed by atoms with Crippen molar-refractivity contribution >= 4 is 53.9 Å². The van der Waals surface area contributed by atoms with Crippen LogP contribution in [0.3, 0.4) is 0 Å². The number of fused-ring (bicyclic) bond motifs is 2. The van der Waals surface area contributed by atoms with Crippen molar-refractivity contribution in [1.82, 2.24) is 9.97 Å². The van der Waals surface area contributed by atoms with Gasteiger partial charge in [0.25, 0.3) is 0 Å². The van der Waals surface area contributed by atoms with Gasteiger partial charge in [0.05, 0.1) is 23.3 Å². The van der Waals surface area contributed by atoms with Crippen LogP contribution in [-0.4, -0.2) is 22.1 Å². The molecule has 9 heteroatoms. The highest BCUT2D eigenvalue weighted by Gasteiger charge is 2.28. The third-order valence-electron chi connectivity index (χ3n) is 3.69. The van der Waals surface area contributed by atoms with Gasteiger partial charge in [0, 0.05) is 9.79 Å². The molecule has 3 aromatic rings. The number of nitrogens with one attached hydrogen (secondary N) is 3. The zero-order chi connectivity index (χ0) is 16.0. The van der Waals surface area contributed by atoms with Gasteiger partial charge in [-0.2, -0.15) is 0 Å². The van der Waals surface area contributed by atoms with E-state index < -0.39 is 7.12 Å². The first kappa shape index (κ1) is 14.8. The highest BCUT2D eigenvalue weighted by Crippen LogP contribution is 2.29. The lowest BCUT2D eigenvalue weighted by atomic mass is 9.79. The van der Waals surface area contributed by atoms with Crippen LogP contribution >= 0.6 is 24.6 Å². The Labute approximate surface area is 141 Å². The number of aromatic amines is 2. The summed E-state index contributed by atoms with van der Waals surface area (Å²) in [6.45, 7) is 0.398. The lowest BCUT2D eigenvalue weighted by Gasteiger charge is -2.10. The van der Waals surface area contributed by atoms with Crippen molar-refractivity contribution in [1.29, 1.82) is 0 Å². The first-order valence-electron chi connectivity index (χ1n) is 6.90. The van der Waals surface area contributed by atoms with Crippen LogP contribution in [0.25, 0.3) is 11.0 Å². The second-order valence-corrected chi connectivity index (χ2v) is 6.58. The van der Waals surface area contributed by atoms with Gasteiger partial charge >= 0.3 is 12.8 Å². The van der Waals surface area contributed by atoms with Crippen molar-refractivity contribution in [3.63, 3.8) is 0 Å². The Hall–Kier alpha value is -1.81. The molecule has 6 nitrogen and oxygen atoms in total. The molecule has 0 spiro atoms. The van der Waals surface area contributed by atoms with E-state index in [1.54, 1.807) is 0 Å². The van der Waals surface area contributed by atoms with E-state index in [1.165, 1.54) is 11.9 Å². The predicted octanol–water partition coefficient (Wildman–Crippen LogP) is 1.48. The normalized spacial score (nSPS) is 13.6. The van der Waals surface area contributed by atoms with Gasteiger partial charge in [0.2, 0.25) is 0 Å². The molecule has 2 heterocycles. The van der Waals surface area contributed by atoms with Gasteiger partial charge in [-0.05, 0) is 53.3 Å². The molecule has 1 aliphatic heterocycles. The minimum absolute atomic E-state index is 0.222. The second kappa shape index (κ2) is 5.68. The van der Waals surface area contributed by atoms with Crippen LogP contribution in [0.1, 0.15) is 5.56 Å². The summed E-state index contributed by atoms with van der Waals surface area (Å²) in [6, 6.07) is 9.38. The number of H-pyrrole nitrogens is 2. The zero-order valence-corrected chi connectivity index (χ0v) is 13.5. The standard InChI is InChI=1S/C14H12BN3O3S2/c19-14-16-10-2-1-8(4-11(10)17-14)23-18-12-5-9-7(3-13(12)22)6-21-15(9)20/h1-5,18,20,22H,6H2,(H2,16,17,19). The monoisotopic (exact) mass is 345 g/mol. The van der Waals surface area contributed by atoms with E-state index in [2.05, 4.69) is 27.3 Å². The maximum atomic E-state index is 11.3. The molecule has 0 saturated heterocycles. The predicted molar refractivity (Wildman–Crippen MR) is 94.5 cm³/mol. The first-order chi connectivity index (χ1) is 11.1. The number of anilines is 1. The van der Waals surface area contributed by atoms with Gasteiger partial charge in [-0.15, -0.1) is 12.6 Å². The minimum Gasteiger partial charge on any atom is -0.423 e. The van der Waals surface area contributed by atoms with E-state index in [0.717, 1.165) is 37.5 Å². The maximum absolute atomic E-state index is 11.3. The maximum Gasteiger partial charge on any atom is 0.491 e. The van der Waals surface area contributed by atoms with Crippen molar-refractivity contribution in [3.05, 3.63) is 46.4 Å². The fourth-order valence-electron chi connectivity index (χ4n) is 2.53. The van der Waals surface area contributed by atoms with Crippen LogP contribution in [0, 0.1) is 0 Å². The lowest BCUT2D eigenvalue weighted by molar-refractivity contribution is 0.275. The quantitative estimate of drug-likeness (QED) is 0.282. The SMILES string of the molecule is O=c1[nH]c2ccc(SNc3cc4c(cc3S)COB4O)cc2[nH]1. The zero-order valence-electron chi connectivity index (χ0n) is 11.8. The van der Waals surface area contributed by atoms with Gasteiger partial charge in [-0.3, -0.25) is 0 Å². The first-order valence-corrected chi connectivity index (χ1v) is 8.17. The number of benzene rings is 2. The average molecular weight is 345 g/mol. The Morgan fingerprint density at radius 1 is 1.26 bits per heavy atom. The summed E-state index contributed by atoms with van der Waals surface area (Å²) in [4.78, 5) is 18.4. The summed E-state index contributed by atoms with van der Waals surface area (Å²) in [5.41, 5.74) is 3.81. The molecule has 0 bridgehead atoms. The van der Waals surface area contributed by atoms with Gasteiger partial charge in [-0.1, -0.05) is 0 Å². The van der Waals surface area contributed by atoms with E-state index in [4.69, 9.17) is 4.65 Å². The minimum atomic E-state index is -0.884. The molecular formula is C14H12BN3O3S2. The van der Waals surface area contributed by atoms with E-state index in [1.807, 2.05) is 30.3 Å². The lowest BCUT2D eigenvalue weighted by Crippen LogP contribution is -2.28. The van der Waals surface area contributed by atoms with Gasteiger partial charge < -0.3 is 24.4 Å². The van der Waals surface area contributed by atoms with Gasteiger partial charge in [-0.25, -0.2) is 4.79 Å². The van der Waals surface area contributed by atoms with Crippen molar-refractivity contribution in [2.75, 3.05) is 4.72 Å². The smallest absolute Gasteiger partial charge is 0.423 e. The molecule has 0 fully saturated rings. The van der Waals surface area contributed by atoms with E-state index >= 15 is 0 Å². The van der Waals surface area contributed by atoms with Crippen LogP contribution in [-0.2, 0) is 11.3 Å². The third kappa shape index (κ3) is 2.76.